The zero-order chi connectivity index (χ0) is 10.6. The number of ketones is 1. The number of aromatic amines is 1. The smallest absolute Gasteiger partial charge is 0.342 e. The molecule has 0 aliphatic rings. The highest BCUT2D eigenvalue weighted by Gasteiger charge is 2.15. The van der Waals surface area contributed by atoms with Crippen molar-refractivity contribution in [1.29, 1.82) is 0 Å². The van der Waals surface area contributed by atoms with E-state index in [0.29, 0.717) is 5.69 Å². The molecule has 78 valence electrons. The number of hydrogen-bond donors (Lipinski definition) is 3. The van der Waals surface area contributed by atoms with Gasteiger partial charge in [0.25, 0.3) is 0 Å². The van der Waals surface area contributed by atoms with E-state index in [2.05, 4.69) is 14.5 Å². The lowest BCUT2D eigenvalue weighted by Crippen LogP contribution is -2.04. The van der Waals surface area contributed by atoms with Gasteiger partial charge in [-0.2, -0.15) is 0 Å². The molecule has 0 radical (unpaired) electrons. The van der Waals surface area contributed by atoms with E-state index >= 15 is 0 Å². The number of phosphoric ester groups is 1. The summed E-state index contributed by atoms with van der Waals surface area (Å²) < 4.78 is 14.3. The van der Waals surface area contributed by atoms with Crippen molar-refractivity contribution in [1.82, 2.24) is 9.97 Å². The number of nitrogens with one attached hydrogen (secondary N) is 1. The predicted octanol–water partition coefficient (Wildman–Crippen LogP) is 0.0918. The van der Waals surface area contributed by atoms with Crippen LogP contribution in [0.1, 0.15) is 16.9 Å². The van der Waals surface area contributed by atoms with Crippen LogP contribution in [0.4, 0.5) is 0 Å². The molecule has 1 rings (SSSR count). The number of Topliss-reactive ketones (excluding diaryl/α,β-unsaturated/α-hetero) is 1. The van der Waals surface area contributed by atoms with Crippen molar-refractivity contribution < 1.29 is 23.7 Å². The van der Waals surface area contributed by atoms with Gasteiger partial charge in [-0.15, -0.1) is 0 Å². The van der Waals surface area contributed by atoms with Crippen LogP contribution in [0.2, 0.25) is 0 Å². The van der Waals surface area contributed by atoms with Gasteiger partial charge >= 0.3 is 7.82 Å². The molecule has 3 N–H and O–H groups in total. The Kier molecular flexibility index (Phi) is 3.54. The molecule has 0 aromatic carbocycles. The number of hydrogen-bond acceptors (Lipinski definition) is 4. The van der Waals surface area contributed by atoms with Gasteiger partial charge in [0, 0.05) is 6.42 Å². The Morgan fingerprint density at radius 1 is 1.64 bits per heavy atom. The second-order valence-electron chi connectivity index (χ2n) is 2.46. The molecule has 1 aromatic heterocycles. The summed E-state index contributed by atoms with van der Waals surface area (Å²) in [7, 11) is -4.48. The van der Waals surface area contributed by atoms with Crippen LogP contribution >= 0.6 is 7.82 Å². The molecule has 7 nitrogen and oxygen atoms in total. The van der Waals surface area contributed by atoms with E-state index in [-0.39, 0.29) is 18.8 Å². The Bertz CT molecular complexity index is 343. The third-order valence-electron chi connectivity index (χ3n) is 1.39. The Hall–Kier alpha value is -1.01. The van der Waals surface area contributed by atoms with Gasteiger partial charge in [0.2, 0.25) is 0 Å². The maximum Gasteiger partial charge on any atom is 0.469 e. The zero-order valence-electron chi connectivity index (χ0n) is 7.08. The molecule has 0 amide bonds. The van der Waals surface area contributed by atoms with Crippen LogP contribution in [0.3, 0.4) is 0 Å². The molecule has 0 saturated heterocycles. The lowest BCUT2D eigenvalue weighted by atomic mass is 10.2. The van der Waals surface area contributed by atoms with Crippen molar-refractivity contribution in [3.8, 4) is 0 Å². The van der Waals surface area contributed by atoms with Crippen LogP contribution in [0, 0.1) is 0 Å². The largest absolute Gasteiger partial charge is 0.469 e. The van der Waals surface area contributed by atoms with E-state index in [1.54, 1.807) is 0 Å². The highest BCUT2D eigenvalue weighted by molar-refractivity contribution is 7.46. The van der Waals surface area contributed by atoms with Gasteiger partial charge in [-0.25, -0.2) is 9.55 Å². The van der Waals surface area contributed by atoms with Gasteiger partial charge in [-0.3, -0.25) is 9.32 Å². The molecule has 14 heavy (non-hydrogen) atoms. The first-order chi connectivity index (χ1) is 6.49. The van der Waals surface area contributed by atoms with Crippen LogP contribution in [0.25, 0.3) is 0 Å². The number of carbonyl (C=O) groups is 1. The average Bonchev–Trinajstić information content (AvgIpc) is 2.53. The number of phosphoric acid groups is 1. The minimum absolute atomic E-state index is 0.104. The first-order valence-electron chi connectivity index (χ1n) is 3.71. The van der Waals surface area contributed by atoms with Gasteiger partial charge in [0.1, 0.15) is 5.69 Å². The molecule has 0 aliphatic carbocycles. The average molecular weight is 220 g/mol. The minimum atomic E-state index is -4.48. The molecule has 0 fully saturated rings. The van der Waals surface area contributed by atoms with E-state index in [1.165, 1.54) is 12.5 Å². The lowest BCUT2D eigenvalue weighted by molar-refractivity contribution is 0.0948. The fraction of sp³-hybridized carbons (Fsp3) is 0.333. The molecule has 8 heteroatoms. The van der Waals surface area contributed by atoms with Crippen LogP contribution < -0.4 is 0 Å². The number of H-pyrrole nitrogens is 1. The summed E-state index contributed by atoms with van der Waals surface area (Å²) in [5.74, 6) is -0.309. The maximum absolute atomic E-state index is 11.2. The summed E-state index contributed by atoms with van der Waals surface area (Å²) in [5.41, 5.74) is 0.291. The fourth-order valence-electron chi connectivity index (χ4n) is 0.800. The second-order valence-corrected chi connectivity index (χ2v) is 3.70. The van der Waals surface area contributed by atoms with Gasteiger partial charge in [-0.1, -0.05) is 0 Å². The standard InChI is InChI=1S/C6H9N2O5P/c9-6(5-3-7-4-8-5)1-2-13-14(10,11)12/h3-4H,1-2H2,(H,7,8)(H2,10,11,12). The molecule has 0 atom stereocenters. The van der Waals surface area contributed by atoms with E-state index in [1.807, 2.05) is 0 Å². The summed E-state index contributed by atoms with van der Waals surface area (Å²) in [4.78, 5) is 34.0. The van der Waals surface area contributed by atoms with Crippen molar-refractivity contribution in [3.05, 3.63) is 18.2 Å². The SMILES string of the molecule is O=C(CCOP(=O)(O)O)c1cnc[nH]1. The predicted molar refractivity (Wildman–Crippen MR) is 45.5 cm³/mol. The molecular formula is C6H9N2O5P. The number of carbonyl (C=O) groups excluding carboxylic acids is 1. The monoisotopic (exact) mass is 220 g/mol. The molecule has 0 saturated carbocycles. The van der Waals surface area contributed by atoms with Gasteiger partial charge in [-0.05, 0) is 0 Å². The fourth-order valence-corrected chi connectivity index (χ4v) is 1.13. The minimum Gasteiger partial charge on any atom is -0.342 e. The van der Waals surface area contributed by atoms with Gasteiger partial charge < -0.3 is 14.8 Å². The molecular weight excluding hydrogens is 211 g/mol. The number of imidazole rings is 1. The van der Waals surface area contributed by atoms with Crippen molar-refractivity contribution >= 4 is 13.6 Å². The first kappa shape index (κ1) is 11.1. The molecule has 0 bridgehead atoms. The highest BCUT2D eigenvalue weighted by Crippen LogP contribution is 2.35. The first-order valence-corrected chi connectivity index (χ1v) is 5.24. The Labute approximate surface area is 79.4 Å². The molecule has 0 aliphatic heterocycles. The molecule has 1 aromatic rings. The van der Waals surface area contributed by atoms with Crippen LogP contribution in [0.5, 0.6) is 0 Å². The van der Waals surface area contributed by atoms with Gasteiger partial charge in [0.15, 0.2) is 5.78 Å². The zero-order valence-corrected chi connectivity index (χ0v) is 7.98. The van der Waals surface area contributed by atoms with E-state index in [0.717, 1.165) is 0 Å². The van der Waals surface area contributed by atoms with Gasteiger partial charge in [0.05, 0.1) is 19.1 Å². The molecule has 1 heterocycles. The normalized spacial score (nSPS) is 11.6. The van der Waals surface area contributed by atoms with Crippen LogP contribution in [0.15, 0.2) is 12.5 Å². The second kappa shape index (κ2) is 4.47. The Morgan fingerprint density at radius 3 is 2.86 bits per heavy atom. The third-order valence-corrected chi connectivity index (χ3v) is 1.91. The quantitative estimate of drug-likeness (QED) is 0.478. The van der Waals surface area contributed by atoms with E-state index in [4.69, 9.17) is 9.79 Å². The van der Waals surface area contributed by atoms with Crippen LogP contribution in [-0.4, -0.2) is 32.1 Å². The topological polar surface area (TPSA) is 113 Å². The number of rotatable bonds is 5. The Balaban J connectivity index is 2.33. The summed E-state index contributed by atoms with van der Waals surface area (Å²) in [6.07, 6.45) is 2.57. The molecule has 0 spiro atoms. The number of aromatic nitrogens is 2. The summed E-state index contributed by atoms with van der Waals surface area (Å²) in [6.45, 7) is -0.317. The molecule has 0 unspecified atom stereocenters. The van der Waals surface area contributed by atoms with Crippen molar-refractivity contribution in [2.24, 2.45) is 0 Å². The van der Waals surface area contributed by atoms with E-state index in [9.17, 15) is 9.36 Å². The van der Waals surface area contributed by atoms with Crippen molar-refractivity contribution in [2.45, 2.75) is 6.42 Å². The summed E-state index contributed by atoms with van der Waals surface area (Å²) in [5, 5.41) is 0. The van der Waals surface area contributed by atoms with Crippen molar-refractivity contribution in [2.75, 3.05) is 6.61 Å². The highest BCUT2D eigenvalue weighted by atomic mass is 31.2. The maximum atomic E-state index is 11.2. The summed E-state index contributed by atoms with van der Waals surface area (Å²) >= 11 is 0. The van der Waals surface area contributed by atoms with E-state index < -0.39 is 7.82 Å². The van der Waals surface area contributed by atoms with Crippen LogP contribution in [-0.2, 0) is 9.09 Å². The van der Waals surface area contributed by atoms with Crippen molar-refractivity contribution in [3.63, 3.8) is 0 Å². The summed E-state index contributed by atoms with van der Waals surface area (Å²) in [6, 6.07) is 0. The third kappa shape index (κ3) is 3.80. The number of nitrogens with zero attached hydrogens (tertiary/aromatic N) is 1. The Morgan fingerprint density at radius 2 is 2.36 bits per heavy atom. The lowest BCUT2D eigenvalue weighted by Gasteiger charge is -2.03.